The molecule has 4 nitrogen and oxygen atoms in total. The van der Waals surface area contributed by atoms with Crippen molar-refractivity contribution in [2.75, 3.05) is 19.7 Å². The Hall–Kier alpha value is -0.780. The highest BCUT2D eigenvalue weighted by atomic mass is 79.9. The number of nitrogens with zero attached hydrogens (tertiary/aromatic N) is 1. The van der Waals surface area contributed by atoms with Crippen LogP contribution in [0.15, 0.2) is 28.7 Å². The van der Waals surface area contributed by atoms with Gasteiger partial charge in [-0.25, -0.2) is 0 Å². The van der Waals surface area contributed by atoms with Gasteiger partial charge in [0.05, 0.1) is 6.61 Å². The molecule has 1 aliphatic heterocycles. The van der Waals surface area contributed by atoms with Crippen molar-refractivity contribution in [1.29, 1.82) is 0 Å². The van der Waals surface area contributed by atoms with Crippen LogP contribution in [0.4, 0.5) is 0 Å². The lowest BCUT2D eigenvalue weighted by molar-refractivity contribution is -0.130. The van der Waals surface area contributed by atoms with E-state index in [0.717, 1.165) is 29.6 Å². The van der Waals surface area contributed by atoms with Crippen molar-refractivity contribution in [2.45, 2.75) is 25.3 Å². The van der Waals surface area contributed by atoms with E-state index < -0.39 is 0 Å². The van der Waals surface area contributed by atoms with Crippen LogP contribution < -0.4 is 10.5 Å². The highest BCUT2D eigenvalue weighted by Gasteiger charge is 2.22. The van der Waals surface area contributed by atoms with Crippen LogP contribution in [0.2, 0.25) is 0 Å². The minimum atomic E-state index is 0. The van der Waals surface area contributed by atoms with Crippen LogP contribution >= 0.6 is 28.3 Å². The lowest BCUT2D eigenvalue weighted by Gasteiger charge is -2.15. The summed E-state index contributed by atoms with van der Waals surface area (Å²) in [4.78, 5) is 13.7. The van der Waals surface area contributed by atoms with Gasteiger partial charge in [0.15, 0.2) is 0 Å². The molecule has 1 aliphatic rings. The van der Waals surface area contributed by atoms with Gasteiger partial charge in [-0.05, 0) is 37.1 Å². The number of ether oxygens (including phenoxy) is 1. The molecule has 1 fully saturated rings. The van der Waals surface area contributed by atoms with Crippen LogP contribution in [0.1, 0.15) is 19.3 Å². The van der Waals surface area contributed by atoms with Crippen molar-refractivity contribution in [1.82, 2.24) is 4.90 Å². The Labute approximate surface area is 134 Å². The number of carbonyl (C=O) groups is 1. The predicted molar refractivity (Wildman–Crippen MR) is 85.3 cm³/mol. The normalized spacial score (nSPS) is 17.7. The van der Waals surface area contributed by atoms with Gasteiger partial charge in [0.25, 0.3) is 0 Å². The summed E-state index contributed by atoms with van der Waals surface area (Å²) in [5.74, 6) is 1.02. The number of benzene rings is 1. The first-order valence-corrected chi connectivity index (χ1v) is 7.36. The van der Waals surface area contributed by atoms with E-state index in [1.54, 1.807) is 0 Å². The second-order valence-corrected chi connectivity index (χ2v) is 5.71. The van der Waals surface area contributed by atoms with Crippen LogP contribution in [0.25, 0.3) is 0 Å². The molecule has 1 aromatic rings. The van der Waals surface area contributed by atoms with E-state index in [0.29, 0.717) is 19.6 Å². The zero-order valence-electron chi connectivity index (χ0n) is 11.3. The van der Waals surface area contributed by atoms with E-state index in [1.165, 1.54) is 0 Å². The Balaban J connectivity index is 0.00000200. The molecule has 1 saturated heterocycles. The van der Waals surface area contributed by atoms with Gasteiger partial charge < -0.3 is 15.4 Å². The van der Waals surface area contributed by atoms with Gasteiger partial charge >= 0.3 is 0 Å². The molecule has 0 aliphatic carbocycles. The molecule has 0 spiro atoms. The average Bonchev–Trinajstić information content (AvgIpc) is 2.83. The molecular weight excluding hydrogens is 344 g/mol. The summed E-state index contributed by atoms with van der Waals surface area (Å²) in [6.07, 6.45) is 2.19. The molecule has 112 valence electrons. The summed E-state index contributed by atoms with van der Waals surface area (Å²) in [5, 5.41) is 0. The van der Waals surface area contributed by atoms with Crippen molar-refractivity contribution < 1.29 is 9.53 Å². The maximum absolute atomic E-state index is 11.9. The first-order valence-electron chi connectivity index (χ1n) is 6.57. The zero-order valence-corrected chi connectivity index (χ0v) is 13.7. The van der Waals surface area contributed by atoms with E-state index >= 15 is 0 Å². The number of amides is 1. The van der Waals surface area contributed by atoms with E-state index in [1.807, 2.05) is 29.2 Å². The largest absolute Gasteiger partial charge is 0.494 e. The topological polar surface area (TPSA) is 55.6 Å². The van der Waals surface area contributed by atoms with E-state index in [9.17, 15) is 4.79 Å². The molecule has 1 aromatic carbocycles. The maximum atomic E-state index is 11.9. The monoisotopic (exact) mass is 362 g/mol. The SMILES string of the molecule is Cl.N[C@@H]1CCN(C(=O)CCCOc2ccc(Br)cc2)C1. The number of nitrogens with two attached hydrogens (primary N) is 1. The van der Waals surface area contributed by atoms with Crippen molar-refractivity contribution in [2.24, 2.45) is 5.73 Å². The lowest BCUT2D eigenvalue weighted by Crippen LogP contribution is -2.31. The van der Waals surface area contributed by atoms with Crippen LogP contribution in [-0.4, -0.2) is 36.5 Å². The quantitative estimate of drug-likeness (QED) is 0.818. The van der Waals surface area contributed by atoms with Crippen LogP contribution in [0.3, 0.4) is 0 Å². The van der Waals surface area contributed by atoms with Gasteiger partial charge in [-0.2, -0.15) is 0 Å². The lowest BCUT2D eigenvalue weighted by atomic mass is 10.3. The second kappa shape index (κ2) is 8.49. The Morgan fingerprint density at radius 1 is 1.40 bits per heavy atom. The third-order valence-electron chi connectivity index (χ3n) is 3.19. The number of rotatable bonds is 5. The number of likely N-dealkylation sites (tertiary alicyclic amines) is 1. The Morgan fingerprint density at radius 2 is 2.10 bits per heavy atom. The van der Waals surface area contributed by atoms with Gasteiger partial charge in [-0.3, -0.25) is 4.79 Å². The first kappa shape index (κ1) is 17.3. The van der Waals surface area contributed by atoms with Crippen LogP contribution in [-0.2, 0) is 4.79 Å². The Morgan fingerprint density at radius 3 is 2.70 bits per heavy atom. The highest BCUT2D eigenvalue weighted by molar-refractivity contribution is 9.10. The fourth-order valence-electron chi connectivity index (χ4n) is 2.12. The van der Waals surface area contributed by atoms with E-state index in [2.05, 4.69) is 15.9 Å². The molecule has 0 saturated carbocycles. The van der Waals surface area contributed by atoms with Gasteiger partial charge in [0.2, 0.25) is 5.91 Å². The molecule has 1 heterocycles. The standard InChI is InChI=1S/C14H19BrN2O2.ClH/c15-11-3-5-13(6-4-11)19-9-1-2-14(18)17-8-7-12(16)10-17;/h3-6,12H,1-2,7-10,16H2;1H/t12-;/m1./s1. The fraction of sp³-hybridized carbons (Fsp3) is 0.500. The summed E-state index contributed by atoms with van der Waals surface area (Å²) >= 11 is 3.37. The van der Waals surface area contributed by atoms with Crippen LogP contribution in [0, 0.1) is 0 Å². The van der Waals surface area contributed by atoms with Crippen molar-refractivity contribution >= 4 is 34.2 Å². The summed E-state index contributed by atoms with van der Waals surface area (Å²) in [7, 11) is 0. The van der Waals surface area contributed by atoms with Gasteiger partial charge in [-0.1, -0.05) is 15.9 Å². The van der Waals surface area contributed by atoms with Gasteiger partial charge in [-0.15, -0.1) is 12.4 Å². The van der Waals surface area contributed by atoms with Crippen LogP contribution in [0.5, 0.6) is 5.75 Å². The number of halogens is 2. The van der Waals surface area contributed by atoms with Crippen molar-refractivity contribution in [3.63, 3.8) is 0 Å². The Bertz CT molecular complexity index is 428. The molecule has 1 amide bonds. The minimum Gasteiger partial charge on any atom is -0.494 e. The number of hydrogen-bond donors (Lipinski definition) is 1. The molecule has 0 unspecified atom stereocenters. The van der Waals surface area contributed by atoms with Crippen molar-refractivity contribution in [3.8, 4) is 5.75 Å². The predicted octanol–water partition coefficient (Wildman–Crippen LogP) is 2.59. The molecule has 6 heteroatoms. The fourth-order valence-corrected chi connectivity index (χ4v) is 2.38. The minimum absolute atomic E-state index is 0. The molecule has 20 heavy (non-hydrogen) atoms. The van der Waals surface area contributed by atoms with Crippen molar-refractivity contribution in [3.05, 3.63) is 28.7 Å². The smallest absolute Gasteiger partial charge is 0.222 e. The molecule has 1 atom stereocenters. The second-order valence-electron chi connectivity index (χ2n) is 4.79. The highest BCUT2D eigenvalue weighted by Crippen LogP contribution is 2.16. The zero-order chi connectivity index (χ0) is 13.7. The van der Waals surface area contributed by atoms with E-state index in [-0.39, 0.29) is 24.4 Å². The number of hydrogen-bond acceptors (Lipinski definition) is 3. The molecule has 0 bridgehead atoms. The summed E-state index contributed by atoms with van der Waals surface area (Å²) in [5.41, 5.74) is 5.78. The number of carbonyl (C=O) groups excluding carboxylic acids is 1. The molecular formula is C14H20BrClN2O2. The summed E-state index contributed by atoms with van der Waals surface area (Å²) < 4.78 is 6.61. The van der Waals surface area contributed by atoms with E-state index in [4.69, 9.17) is 10.5 Å². The summed E-state index contributed by atoms with van der Waals surface area (Å²) in [6.45, 7) is 2.06. The molecule has 2 rings (SSSR count). The average molecular weight is 364 g/mol. The summed E-state index contributed by atoms with van der Waals surface area (Å²) in [6, 6.07) is 7.85. The Kier molecular flexibility index (Phi) is 7.34. The molecule has 0 radical (unpaired) electrons. The first-order chi connectivity index (χ1) is 9.15. The van der Waals surface area contributed by atoms with Gasteiger partial charge in [0, 0.05) is 30.0 Å². The molecule has 2 N–H and O–H groups in total. The van der Waals surface area contributed by atoms with Gasteiger partial charge in [0.1, 0.15) is 5.75 Å². The third kappa shape index (κ3) is 5.31. The third-order valence-corrected chi connectivity index (χ3v) is 3.72. The maximum Gasteiger partial charge on any atom is 0.222 e. The molecule has 0 aromatic heterocycles.